The molecule has 2 amide bonds. The summed E-state index contributed by atoms with van der Waals surface area (Å²) in [5.74, 6) is -0.140. The van der Waals surface area contributed by atoms with Crippen LogP contribution in [0.15, 0.2) is 48.1 Å². The van der Waals surface area contributed by atoms with Gasteiger partial charge in [-0.2, -0.15) is 0 Å². The maximum Gasteiger partial charge on any atom is 0.265 e. The Bertz CT molecular complexity index is 930. The SMILES string of the molecule is CS[C@@]12Cc3ccccc3N1C(=O)[C@]1(SC)CC3=CC=C[C@H](O)[C@H]3N1C2=O. The third-order valence-electron chi connectivity index (χ3n) is 6.22. The highest BCUT2D eigenvalue weighted by molar-refractivity contribution is 8.01. The highest BCUT2D eigenvalue weighted by atomic mass is 32.2. The molecule has 0 aromatic heterocycles. The van der Waals surface area contributed by atoms with Gasteiger partial charge in [-0.25, -0.2) is 0 Å². The van der Waals surface area contributed by atoms with E-state index in [1.807, 2.05) is 48.9 Å². The van der Waals surface area contributed by atoms with Crippen LogP contribution in [-0.2, 0) is 16.0 Å². The van der Waals surface area contributed by atoms with Crippen molar-refractivity contribution in [3.8, 4) is 0 Å². The van der Waals surface area contributed by atoms with E-state index in [-0.39, 0.29) is 11.8 Å². The van der Waals surface area contributed by atoms with E-state index in [2.05, 4.69) is 0 Å². The number of carbonyl (C=O) groups excluding carboxylic acids is 2. The van der Waals surface area contributed by atoms with Gasteiger partial charge in [0.15, 0.2) is 9.74 Å². The van der Waals surface area contributed by atoms with E-state index in [0.717, 1.165) is 16.8 Å². The van der Waals surface area contributed by atoms with E-state index in [1.165, 1.54) is 23.5 Å². The fourth-order valence-corrected chi connectivity index (χ4v) is 6.89. The lowest BCUT2D eigenvalue weighted by Gasteiger charge is -2.52. The van der Waals surface area contributed by atoms with E-state index < -0.39 is 21.9 Å². The Hall–Kier alpha value is -1.70. The van der Waals surface area contributed by atoms with Crippen molar-refractivity contribution in [1.82, 2.24) is 4.90 Å². The number of fused-ring (bicyclic) bond motifs is 6. The Labute approximate surface area is 166 Å². The largest absolute Gasteiger partial charge is 0.387 e. The first kappa shape index (κ1) is 17.4. The first-order valence-corrected chi connectivity index (χ1v) is 11.4. The van der Waals surface area contributed by atoms with E-state index in [9.17, 15) is 14.7 Å². The fourth-order valence-electron chi connectivity index (χ4n) is 4.98. The number of aliphatic hydroxyl groups is 1. The Morgan fingerprint density at radius 3 is 2.56 bits per heavy atom. The molecular formula is C20H20N2O3S2. The lowest BCUT2D eigenvalue weighted by atomic mass is 9.96. The van der Waals surface area contributed by atoms with Crippen LogP contribution in [0, 0.1) is 0 Å². The number of thioether (sulfide) groups is 2. The summed E-state index contributed by atoms with van der Waals surface area (Å²) in [4.78, 5) is 29.3. The summed E-state index contributed by atoms with van der Waals surface area (Å²) in [7, 11) is 0. The van der Waals surface area contributed by atoms with Crippen molar-refractivity contribution in [2.45, 2.75) is 34.7 Å². The number of benzene rings is 1. The van der Waals surface area contributed by atoms with Crippen molar-refractivity contribution in [2.75, 3.05) is 17.4 Å². The highest BCUT2D eigenvalue weighted by Gasteiger charge is 2.70. The minimum absolute atomic E-state index is 0.0589. The zero-order valence-electron chi connectivity index (χ0n) is 15.1. The minimum Gasteiger partial charge on any atom is -0.387 e. The van der Waals surface area contributed by atoms with Gasteiger partial charge in [0.1, 0.15) is 0 Å². The number of para-hydroxylation sites is 1. The zero-order chi connectivity index (χ0) is 19.0. The minimum atomic E-state index is -1.00. The monoisotopic (exact) mass is 400 g/mol. The summed E-state index contributed by atoms with van der Waals surface area (Å²) in [6.07, 6.45) is 9.39. The first-order chi connectivity index (χ1) is 13.0. The van der Waals surface area contributed by atoms with Gasteiger partial charge in [0, 0.05) is 18.5 Å². The Morgan fingerprint density at radius 2 is 1.81 bits per heavy atom. The number of hydrogen-bond acceptors (Lipinski definition) is 5. The Balaban J connectivity index is 1.74. The second kappa shape index (κ2) is 5.65. The number of nitrogens with zero attached hydrogens (tertiary/aromatic N) is 2. The molecule has 1 aliphatic carbocycles. The number of aliphatic hydroxyl groups excluding tert-OH is 1. The number of carbonyl (C=O) groups is 2. The van der Waals surface area contributed by atoms with E-state index in [0.29, 0.717) is 12.8 Å². The maximum atomic E-state index is 14.0. The molecule has 2 fully saturated rings. The van der Waals surface area contributed by atoms with Crippen LogP contribution < -0.4 is 4.90 Å². The Kier molecular flexibility index (Phi) is 3.64. The van der Waals surface area contributed by atoms with Crippen molar-refractivity contribution < 1.29 is 14.7 Å². The molecule has 0 unspecified atom stereocenters. The average molecular weight is 401 g/mol. The molecule has 5 nitrogen and oxygen atoms in total. The quantitative estimate of drug-likeness (QED) is 0.825. The van der Waals surface area contributed by atoms with Gasteiger partial charge < -0.3 is 10.0 Å². The van der Waals surface area contributed by atoms with Crippen LogP contribution in [0.5, 0.6) is 0 Å². The van der Waals surface area contributed by atoms with Crippen LogP contribution in [0.4, 0.5) is 5.69 Å². The van der Waals surface area contributed by atoms with Crippen LogP contribution in [0.25, 0.3) is 0 Å². The summed E-state index contributed by atoms with van der Waals surface area (Å²) in [6, 6.07) is 7.32. The first-order valence-electron chi connectivity index (χ1n) is 8.92. The van der Waals surface area contributed by atoms with Gasteiger partial charge in [-0.1, -0.05) is 36.4 Å². The molecule has 1 N–H and O–H groups in total. The summed E-state index contributed by atoms with van der Waals surface area (Å²) in [5, 5.41) is 10.6. The molecule has 27 heavy (non-hydrogen) atoms. The molecule has 3 aliphatic heterocycles. The van der Waals surface area contributed by atoms with Crippen molar-refractivity contribution >= 4 is 41.0 Å². The van der Waals surface area contributed by atoms with Gasteiger partial charge in [-0.05, 0) is 29.7 Å². The van der Waals surface area contributed by atoms with Crippen molar-refractivity contribution in [3.63, 3.8) is 0 Å². The fraction of sp³-hybridized carbons (Fsp3) is 0.400. The van der Waals surface area contributed by atoms with Crippen LogP contribution in [0.1, 0.15) is 12.0 Å². The van der Waals surface area contributed by atoms with Gasteiger partial charge in [-0.3, -0.25) is 14.5 Å². The van der Waals surface area contributed by atoms with Crippen LogP contribution >= 0.6 is 23.5 Å². The third kappa shape index (κ3) is 1.92. The molecule has 140 valence electrons. The van der Waals surface area contributed by atoms with Gasteiger partial charge in [0.2, 0.25) is 0 Å². The predicted molar refractivity (Wildman–Crippen MR) is 109 cm³/mol. The topological polar surface area (TPSA) is 60.9 Å². The summed E-state index contributed by atoms with van der Waals surface area (Å²) in [6.45, 7) is 0. The van der Waals surface area contributed by atoms with Gasteiger partial charge in [0.05, 0.1) is 12.1 Å². The lowest BCUT2D eigenvalue weighted by molar-refractivity contribution is -0.150. The molecule has 0 spiro atoms. The van der Waals surface area contributed by atoms with Crippen molar-refractivity contribution in [3.05, 3.63) is 53.6 Å². The molecule has 1 aromatic carbocycles. The molecular weight excluding hydrogens is 380 g/mol. The summed E-state index contributed by atoms with van der Waals surface area (Å²) in [5.41, 5.74) is 2.80. The van der Waals surface area contributed by atoms with E-state index >= 15 is 0 Å². The van der Waals surface area contributed by atoms with Crippen LogP contribution in [-0.4, -0.2) is 56.2 Å². The number of rotatable bonds is 2. The predicted octanol–water partition coefficient (Wildman–Crippen LogP) is 2.17. The molecule has 0 radical (unpaired) electrons. The van der Waals surface area contributed by atoms with Crippen LogP contribution in [0.2, 0.25) is 0 Å². The van der Waals surface area contributed by atoms with Gasteiger partial charge in [0.25, 0.3) is 11.8 Å². The normalized spacial score (nSPS) is 36.3. The van der Waals surface area contributed by atoms with Crippen LogP contribution in [0.3, 0.4) is 0 Å². The standard InChI is InChI=1S/C20H20N2O3S2/c1-26-19-10-12-6-3-4-8-14(12)21(19)17(24)20(27-2)11-13-7-5-9-15(23)16(13)22(20)18(19)25/h3-9,15-16,23H,10-11H2,1-2H3/t15-,16-,19+,20+/m0/s1. The molecule has 1 aromatic rings. The summed E-state index contributed by atoms with van der Waals surface area (Å²) < 4.78 is 0. The van der Waals surface area contributed by atoms with Crippen molar-refractivity contribution in [1.29, 1.82) is 0 Å². The number of allylic oxidation sites excluding steroid dienone is 2. The lowest BCUT2D eigenvalue weighted by Crippen LogP contribution is -2.74. The van der Waals surface area contributed by atoms with E-state index in [4.69, 9.17) is 0 Å². The van der Waals surface area contributed by atoms with Crippen molar-refractivity contribution in [2.24, 2.45) is 0 Å². The second-order valence-electron chi connectivity index (χ2n) is 7.34. The molecule has 0 bridgehead atoms. The van der Waals surface area contributed by atoms with E-state index in [1.54, 1.807) is 15.9 Å². The molecule has 5 rings (SSSR count). The highest BCUT2D eigenvalue weighted by Crippen LogP contribution is 2.58. The molecule has 7 heteroatoms. The second-order valence-corrected chi connectivity index (χ2v) is 9.50. The number of piperazine rings is 1. The van der Waals surface area contributed by atoms with Gasteiger partial charge >= 0.3 is 0 Å². The molecule has 3 heterocycles. The average Bonchev–Trinajstić information content (AvgIpc) is 3.21. The Morgan fingerprint density at radius 1 is 1.07 bits per heavy atom. The third-order valence-corrected chi connectivity index (χ3v) is 8.59. The van der Waals surface area contributed by atoms with Gasteiger partial charge in [-0.15, -0.1) is 23.5 Å². The molecule has 4 atom stereocenters. The smallest absolute Gasteiger partial charge is 0.265 e. The maximum absolute atomic E-state index is 14.0. The number of hydrogen-bond donors (Lipinski definition) is 1. The zero-order valence-corrected chi connectivity index (χ0v) is 16.7. The number of amides is 2. The molecule has 4 aliphatic rings. The molecule has 2 saturated heterocycles. The summed E-state index contributed by atoms with van der Waals surface area (Å²) >= 11 is 2.82. The molecule has 0 saturated carbocycles. The number of anilines is 1.